The van der Waals surface area contributed by atoms with Crippen LogP contribution in [0.5, 0.6) is 5.75 Å². The number of benzene rings is 1. The molecule has 15 heavy (non-hydrogen) atoms. The molecular formula is C10H8FNO3. The zero-order chi connectivity index (χ0) is 11.4. The maximum Gasteiger partial charge on any atom is 0.307 e. The second-order valence-corrected chi connectivity index (χ2v) is 2.83. The maximum absolute atomic E-state index is 13.1. The van der Waals surface area contributed by atoms with Gasteiger partial charge in [0.2, 0.25) is 0 Å². The summed E-state index contributed by atoms with van der Waals surface area (Å²) in [6, 6.07) is 3.84. The molecule has 0 radical (unpaired) electrons. The fourth-order valence-corrected chi connectivity index (χ4v) is 1.17. The number of carboxylic acid groups (broad SMARTS) is 1. The van der Waals surface area contributed by atoms with Crippen molar-refractivity contribution in [3.63, 3.8) is 0 Å². The average Bonchev–Trinajstić information content (AvgIpc) is 2.17. The van der Waals surface area contributed by atoms with Gasteiger partial charge < -0.3 is 9.84 Å². The zero-order valence-corrected chi connectivity index (χ0v) is 7.95. The highest BCUT2D eigenvalue weighted by Gasteiger charge is 2.12. The highest BCUT2D eigenvalue weighted by atomic mass is 19.1. The van der Waals surface area contributed by atoms with Crippen LogP contribution >= 0.6 is 0 Å². The second-order valence-electron chi connectivity index (χ2n) is 2.83. The van der Waals surface area contributed by atoms with E-state index in [1.165, 1.54) is 13.2 Å². The first kappa shape index (κ1) is 11.0. The largest absolute Gasteiger partial charge is 0.496 e. The molecule has 5 heteroatoms. The van der Waals surface area contributed by atoms with Gasteiger partial charge in [0.25, 0.3) is 0 Å². The summed E-state index contributed by atoms with van der Waals surface area (Å²) in [5.41, 5.74) is 0.0440. The third-order valence-corrected chi connectivity index (χ3v) is 1.83. The number of nitriles is 1. The molecule has 0 unspecified atom stereocenters. The van der Waals surface area contributed by atoms with Gasteiger partial charge in [-0.2, -0.15) is 5.26 Å². The van der Waals surface area contributed by atoms with Crippen molar-refractivity contribution >= 4 is 5.97 Å². The van der Waals surface area contributed by atoms with Crippen LogP contribution in [-0.2, 0) is 11.2 Å². The Kier molecular flexibility index (Phi) is 3.24. The number of hydrogen-bond acceptors (Lipinski definition) is 3. The maximum atomic E-state index is 13.1. The fourth-order valence-electron chi connectivity index (χ4n) is 1.17. The Balaban J connectivity index is 3.22. The summed E-state index contributed by atoms with van der Waals surface area (Å²) in [5, 5.41) is 17.1. The lowest BCUT2D eigenvalue weighted by atomic mass is 10.1. The zero-order valence-electron chi connectivity index (χ0n) is 7.95. The van der Waals surface area contributed by atoms with Gasteiger partial charge in [0.1, 0.15) is 17.6 Å². The summed E-state index contributed by atoms with van der Waals surface area (Å²) in [5.74, 6) is -1.62. The molecule has 0 fully saturated rings. The molecule has 0 bridgehead atoms. The third kappa shape index (κ3) is 2.44. The van der Waals surface area contributed by atoms with E-state index in [2.05, 4.69) is 0 Å². The first-order valence-corrected chi connectivity index (χ1v) is 4.06. The van der Waals surface area contributed by atoms with Gasteiger partial charge in [0, 0.05) is 11.6 Å². The Hall–Kier alpha value is -2.09. The number of methoxy groups -OCH3 is 1. The Morgan fingerprint density at radius 1 is 1.67 bits per heavy atom. The minimum atomic E-state index is -1.09. The van der Waals surface area contributed by atoms with Crippen LogP contribution in [0.2, 0.25) is 0 Å². The number of rotatable bonds is 3. The summed E-state index contributed by atoms with van der Waals surface area (Å²) in [4.78, 5) is 10.5. The van der Waals surface area contributed by atoms with Crippen LogP contribution in [-0.4, -0.2) is 18.2 Å². The normalized spacial score (nSPS) is 9.40. The standard InChI is InChI=1S/C10H8FNO3/c1-15-9-3-7(5-12)8(11)2-6(9)4-10(13)14/h2-3H,4H2,1H3,(H,13,14). The summed E-state index contributed by atoms with van der Waals surface area (Å²) < 4.78 is 18.0. The Morgan fingerprint density at radius 3 is 2.80 bits per heavy atom. The minimum Gasteiger partial charge on any atom is -0.496 e. The predicted molar refractivity (Wildman–Crippen MR) is 49.0 cm³/mol. The van der Waals surface area contributed by atoms with Crippen LogP contribution < -0.4 is 4.74 Å². The number of carbonyl (C=O) groups is 1. The first-order valence-electron chi connectivity index (χ1n) is 4.06. The molecule has 1 aromatic carbocycles. The summed E-state index contributed by atoms with van der Waals surface area (Å²) >= 11 is 0. The highest BCUT2D eigenvalue weighted by molar-refractivity contribution is 5.71. The van der Waals surface area contributed by atoms with Gasteiger partial charge in [-0.05, 0) is 6.07 Å². The van der Waals surface area contributed by atoms with Crippen molar-refractivity contribution in [3.05, 3.63) is 29.1 Å². The molecule has 0 saturated heterocycles. The predicted octanol–water partition coefficient (Wildman–Crippen LogP) is 1.33. The van der Waals surface area contributed by atoms with Gasteiger partial charge in [-0.1, -0.05) is 0 Å². The molecule has 78 valence electrons. The monoisotopic (exact) mass is 209 g/mol. The second kappa shape index (κ2) is 4.42. The van der Waals surface area contributed by atoms with Crippen LogP contribution in [0, 0.1) is 17.1 Å². The summed E-state index contributed by atoms with van der Waals surface area (Å²) in [6.45, 7) is 0. The van der Waals surface area contributed by atoms with E-state index in [-0.39, 0.29) is 23.3 Å². The van der Waals surface area contributed by atoms with E-state index in [4.69, 9.17) is 15.1 Å². The van der Waals surface area contributed by atoms with Crippen LogP contribution in [0.3, 0.4) is 0 Å². The van der Waals surface area contributed by atoms with Crippen molar-refractivity contribution in [2.24, 2.45) is 0 Å². The smallest absolute Gasteiger partial charge is 0.307 e. The van der Waals surface area contributed by atoms with Crippen LogP contribution in [0.15, 0.2) is 12.1 Å². The van der Waals surface area contributed by atoms with Gasteiger partial charge in [0.05, 0.1) is 19.1 Å². The van der Waals surface area contributed by atoms with E-state index < -0.39 is 11.8 Å². The number of halogens is 1. The van der Waals surface area contributed by atoms with E-state index in [9.17, 15) is 9.18 Å². The molecule has 1 aromatic rings. The van der Waals surface area contributed by atoms with E-state index in [0.717, 1.165) is 6.07 Å². The molecule has 0 aliphatic carbocycles. The Labute approximate surface area is 85.5 Å². The van der Waals surface area contributed by atoms with Crippen molar-refractivity contribution in [2.45, 2.75) is 6.42 Å². The molecule has 0 aliphatic rings. The highest BCUT2D eigenvalue weighted by Crippen LogP contribution is 2.23. The molecule has 0 aromatic heterocycles. The number of aliphatic carboxylic acids is 1. The minimum absolute atomic E-state index is 0.166. The van der Waals surface area contributed by atoms with Gasteiger partial charge in [-0.3, -0.25) is 4.79 Å². The van der Waals surface area contributed by atoms with Crippen LogP contribution in [0.25, 0.3) is 0 Å². The van der Waals surface area contributed by atoms with E-state index in [0.29, 0.717) is 0 Å². The average molecular weight is 209 g/mol. The van der Waals surface area contributed by atoms with Gasteiger partial charge in [-0.25, -0.2) is 4.39 Å². The van der Waals surface area contributed by atoms with Gasteiger partial charge >= 0.3 is 5.97 Å². The molecule has 0 atom stereocenters. The van der Waals surface area contributed by atoms with Crippen molar-refractivity contribution in [1.29, 1.82) is 5.26 Å². The molecule has 0 saturated carbocycles. The van der Waals surface area contributed by atoms with E-state index in [1.807, 2.05) is 0 Å². The SMILES string of the molecule is COc1cc(C#N)c(F)cc1CC(=O)O. The van der Waals surface area contributed by atoms with Crippen molar-refractivity contribution < 1.29 is 19.0 Å². The third-order valence-electron chi connectivity index (χ3n) is 1.83. The molecule has 4 nitrogen and oxygen atoms in total. The lowest BCUT2D eigenvalue weighted by Crippen LogP contribution is -2.03. The summed E-state index contributed by atoms with van der Waals surface area (Å²) in [6.07, 6.45) is -0.341. The first-order chi connectivity index (χ1) is 7.08. The Bertz CT molecular complexity index is 437. The van der Waals surface area contributed by atoms with E-state index >= 15 is 0 Å². The lowest BCUT2D eigenvalue weighted by Gasteiger charge is -2.07. The number of ether oxygens (including phenoxy) is 1. The molecule has 0 aliphatic heterocycles. The van der Waals surface area contributed by atoms with Gasteiger partial charge in [0.15, 0.2) is 0 Å². The van der Waals surface area contributed by atoms with Crippen molar-refractivity contribution in [2.75, 3.05) is 7.11 Å². The molecule has 0 spiro atoms. The number of carboxylic acids is 1. The van der Waals surface area contributed by atoms with Crippen molar-refractivity contribution in [1.82, 2.24) is 0 Å². The van der Waals surface area contributed by atoms with Crippen LogP contribution in [0.4, 0.5) is 4.39 Å². The molecular weight excluding hydrogens is 201 g/mol. The lowest BCUT2D eigenvalue weighted by molar-refractivity contribution is -0.136. The fraction of sp³-hybridized carbons (Fsp3) is 0.200. The van der Waals surface area contributed by atoms with Crippen molar-refractivity contribution in [3.8, 4) is 11.8 Å². The van der Waals surface area contributed by atoms with Crippen LogP contribution in [0.1, 0.15) is 11.1 Å². The Morgan fingerprint density at radius 2 is 2.33 bits per heavy atom. The molecule has 0 amide bonds. The number of hydrogen-bond donors (Lipinski definition) is 1. The van der Waals surface area contributed by atoms with Gasteiger partial charge in [-0.15, -0.1) is 0 Å². The topological polar surface area (TPSA) is 70.3 Å². The molecule has 1 rings (SSSR count). The number of nitrogens with zero attached hydrogens (tertiary/aromatic N) is 1. The molecule has 1 N–H and O–H groups in total. The summed E-state index contributed by atoms with van der Waals surface area (Å²) in [7, 11) is 1.33. The van der Waals surface area contributed by atoms with E-state index in [1.54, 1.807) is 6.07 Å². The molecule has 0 heterocycles. The quantitative estimate of drug-likeness (QED) is 0.815.